The lowest BCUT2D eigenvalue weighted by Gasteiger charge is -2.28. The molecular formula is C50H77N9O13. The van der Waals surface area contributed by atoms with Gasteiger partial charge in [0, 0.05) is 12.8 Å². The lowest BCUT2D eigenvalue weighted by molar-refractivity contribution is -0.142. The van der Waals surface area contributed by atoms with Crippen molar-refractivity contribution in [2.45, 2.75) is 142 Å². The predicted octanol–water partition coefficient (Wildman–Crippen LogP) is -1.47. The van der Waals surface area contributed by atoms with Gasteiger partial charge >= 0.3 is 5.97 Å². The molecule has 22 heteroatoms. The number of nitrogens with one attached hydrogen (secondary N) is 8. The topological polar surface area (TPSA) is 357 Å². The van der Waals surface area contributed by atoms with Crippen LogP contribution in [-0.4, -0.2) is 148 Å². The van der Waals surface area contributed by atoms with Crippen LogP contribution in [0.5, 0.6) is 0 Å². The first-order chi connectivity index (χ1) is 34.0. The van der Waals surface area contributed by atoms with E-state index in [-0.39, 0.29) is 43.4 Å². The molecule has 0 saturated heterocycles. The number of aliphatic hydroxyl groups excluding tert-OH is 3. The molecule has 10 atom stereocenters. The quantitative estimate of drug-likeness (QED) is 0.0411. The van der Waals surface area contributed by atoms with Crippen LogP contribution in [0.25, 0.3) is 0 Å². The van der Waals surface area contributed by atoms with E-state index in [0.717, 1.165) is 0 Å². The van der Waals surface area contributed by atoms with Crippen molar-refractivity contribution in [2.24, 2.45) is 29.4 Å². The molecule has 2 aromatic carbocycles. The number of amides is 8. The minimum absolute atomic E-state index is 0.0362. The summed E-state index contributed by atoms with van der Waals surface area (Å²) in [7, 11) is 0. The second-order valence-electron chi connectivity index (χ2n) is 19.1. The first kappa shape index (κ1) is 61.6. The Morgan fingerprint density at radius 3 is 1.14 bits per heavy atom. The molecule has 0 saturated carbocycles. The molecule has 0 aliphatic rings. The minimum Gasteiger partial charge on any atom is -0.480 e. The standard InChI is InChI=1S/C50H77N9O13/c1-9-30(8)40(51)48(69)54-34(21-28(4)5)43(64)56-39(26-62)47(68)59-41(29(6)7)49(70)58-38(25-61)46(67)57-37(24-60)45(66)53-35(22-31-16-12-10-13-17-31)44(65)52-33(20-27(2)3)42(63)55-36(50(71)72)23-32-18-14-11-15-19-32/h10-19,27-30,33-41,60-62H,9,20-26,51H2,1-8H3,(H,52,65)(H,53,66)(H,54,69)(H,55,63)(H,56,64)(H,57,67)(H,58,70)(H,59,68)(H,71,72)/t30-,33-,34-,35-,36-,37-,38-,39-,40-,41-/m0/s1. The number of aliphatic hydroxyl groups is 3. The van der Waals surface area contributed by atoms with Crippen LogP contribution >= 0.6 is 0 Å². The number of nitrogens with two attached hydrogens (primary N) is 1. The van der Waals surface area contributed by atoms with Gasteiger partial charge < -0.3 is 68.7 Å². The largest absolute Gasteiger partial charge is 0.480 e. The van der Waals surface area contributed by atoms with Crippen molar-refractivity contribution in [3.8, 4) is 0 Å². The van der Waals surface area contributed by atoms with E-state index in [4.69, 9.17) is 5.73 Å². The van der Waals surface area contributed by atoms with Gasteiger partial charge in [0.05, 0.1) is 25.9 Å². The monoisotopic (exact) mass is 1010 g/mol. The lowest BCUT2D eigenvalue weighted by Crippen LogP contribution is -2.62. The molecule has 22 nitrogen and oxygen atoms in total. The average Bonchev–Trinajstić information content (AvgIpc) is 3.33. The highest BCUT2D eigenvalue weighted by molar-refractivity contribution is 5.98. The number of rotatable bonds is 31. The van der Waals surface area contributed by atoms with Crippen LogP contribution in [0, 0.1) is 23.7 Å². The second kappa shape index (κ2) is 31.1. The van der Waals surface area contributed by atoms with Gasteiger partial charge in [0.15, 0.2) is 0 Å². The molecule has 2 rings (SSSR count). The van der Waals surface area contributed by atoms with E-state index < -0.39 is 133 Å². The Hall–Kier alpha value is -6.49. The zero-order valence-electron chi connectivity index (χ0n) is 42.5. The highest BCUT2D eigenvalue weighted by Gasteiger charge is 2.36. The second-order valence-corrected chi connectivity index (χ2v) is 19.1. The highest BCUT2D eigenvalue weighted by Crippen LogP contribution is 2.13. The molecule has 0 heterocycles. The Bertz CT molecular complexity index is 2090. The number of hydrogen-bond donors (Lipinski definition) is 13. The van der Waals surface area contributed by atoms with Gasteiger partial charge in [0.25, 0.3) is 0 Å². The molecule has 0 aliphatic carbocycles. The molecule has 2 aromatic rings. The summed E-state index contributed by atoms with van der Waals surface area (Å²) in [4.78, 5) is 120. The van der Waals surface area contributed by atoms with Crippen molar-refractivity contribution in [3.05, 3.63) is 71.8 Å². The van der Waals surface area contributed by atoms with E-state index in [1.54, 1.807) is 95.3 Å². The maximum absolute atomic E-state index is 14.0. The Labute approximate surface area is 421 Å². The van der Waals surface area contributed by atoms with Gasteiger partial charge in [-0.2, -0.15) is 0 Å². The number of carboxylic acid groups (broad SMARTS) is 1. The summed E-state index contributed by atoms with van der Waals surface area (Å²) >= 11 is 0. The van der Waals surface area contributed by atoms with Crippen LogP contribution in [0.3, 0.4) is 0 Å². The fraction of sp³-hybridized carbons (Fsp3) is 0.580. The number of benzene rings is 2. The zero-order valence-corrected chi connectivity index (χ0v) is 42.5. The van der Waals surface area contributed by atoms with Crippen LogP contribution in [-0.2, 0) is 56.0 Å². The summed E-state index contributed by atoms with van der Waals surface area (Å²) in [5.74, 6) is -9.60. The van der Waals surface area contributed by atoms with Gasteiger partial charge in [-0.25, -0.2) is 4.79 Å². The van der Waals surface area contributed by atoms with Gasteiger partial charge in [0.1, 0.15) is 48.3 Å². The zero-order chi connectivity index (χ0) is 54.2. The Morgan fingerprint density at radius 1 is 0.444 bits per heavy atom. The molecule has 0 unspecified atom stereocenters. The maximum Gasteiger partial charge on any atom is 0.326 e. The van der Waals surface area contributed by atoms with Crippen molar-refractivity contribution in [1.82, 2.24) is 42.5 Å². The number of hydrogen-bond acceptors (Lipinski definition) is 13. The Kier molecular flexibility index (Phi) is 26.6. The molecule has 0 radical (unpaired) electrons. The minimum atomic E-state index is -1.76. The van der Waals surface area contributed by atoms with Crippen molar-refractivity contribution in [2.75, 3.05) is 19.8 Å². The van der Waals surface area contributed by atoms with E-state index in [1.807, 2.05) is 20.8 Å². The van der Waals surface area contributed by atoms with E-state index in [0.29, 0.717) is 17.5 Å². The van der Waals surface area contributed by atoms with Gasteiger partial charge in [-0.3, -0.25) is 38.4 Å². The first-order valence-corrected chi connectivity index (χ1v) is 24.3. The number of carbonyl (C=O) groups is 9. The third kappa shape index (κ3) is 20.7. The third-order valence-corrected chi connectivity index (χ3v) is 11.7. The number of carbonyl (C=O) groups excluding carboxylic acids is 8. The van der Waals surface area contributed by atoms with Gasteiger partial charge in [-0.05, 0) is 47.6 Å². The molecule has 72 heavy (non-hydrogen) atoms. The summed E-state index contributed by atoms with van der Waals surface area (Å²) < 4.78 is 0. The summed E-state index contributed by atoms with van der Waals surface area (Å²) in [6, 6.07) is 4.53. The Balaban J connectivity index is 2.24. The van der Waals surface area contributed by atoms with E-state index in [1.165, 1.54) is 0 Å². The van der Waals surface area contributed by atoms with Crippen LogP contribution in [0.4, 0.5) is 0 Å². The van der Waals surface area contributed by atoms with Gasteiger partial charge in [-0.15, -0.1) is 0 Å². The molecule has 400 valence electrons. The SMILES string of the molecule is CC[C@H](C)[C@H](N)C(=O)N[C@@H](CC(C)C)C(=O)N[C@@H](CO)C(=O)N[C@H](C(=O)N[C@@H](CO)C(=O)N[C@@H](CO)C(=O)N[C@@H](Cc1ccccc1)C(=O)N[C@@H](CC(C)C)C(=O)N[C@@H](Cc1ccccc1)C(=O)O)C(C)C. The Morgan fingerprint density at radius 2 is 0.764 bits per heavy atom. The molecular weight excluding hydrogens is 935 g/mol. The predicted molar refractivity (Wildman–Crippen MR) is 266 cm³/mol. The summed E-state index contributed by atoms with van der Waals surface area (Å²) in [5, 5.41) is 60.3. The van der Waals surface area contributed by atoms with Gasteiger partial charge in [-0.1, -0.05) is 122 Å². The van der Waals surface area contributed by atoms with E-state index >= 15 is 0 Å². The van der Waals surface area contributed by atoms with Crippen molar-refractivity contribution >= 4 is 53.2 Å². The fourth-order valence-corrected chi connectivity index (χ4v) is 7.29. The van der Waals surface area contributed by atoms with Crippen LogP contribution in [0.2, 0.25) is 0 Å². The van der Waals surface area contributed by atoms with Crippen molar-refractivity contribution in [3.63, 3.8) is 0 Å². The number of aliphatic carboxylic acids is 1. The van der Waals surface area contributed by atoms with E-state index in [9.17, 15) is 63.6 Å². The fourth-order valence-electron chi connectivity index (χ4n) is 7.29. The number of carboxylic acids is 1. The molecule has 0 aromatic heterocycles. The van der Waals surface area contributed by atoms with Crippen molar-refractivity contribution in [1.29, 1.82) is 0 Å². The van der Waals surface area contributed by atoms with E-state index in [2.05, 4.69) is 42.5 Å². The normalized spacial score (nSPS) is 15.5. The summed E-state index contributed by atoms with van der Waals surface area (Å²) in [5.41, 5.74) is 7.29. The third-order valence-electron chi connectivity index (χ3n) is 11.7. The molecule has 0 spiro atoms. The molecule has 8 amide bonds. The highest BCUT2D eigenvalue weighted by atomic mass is 16.4. The van der Waals surface area contributed by atoms with Crippen LogP contribution < -0.4 is 48.3 Å². The van der Waals surface area contributed by atoms with Crippen LogP contribution in [0.15, 0.2) is 60.7 Å². The molecule has 0 fully saturated rings. The molecule has 14 N–H and O–H groups in total. The van der Waals surface area contributed by atoms with Crippen LogP contribution in [0.1, 0.15) is 85.8 Å². The average molecular weight is 1010 g/mol. The molecule has 0 bridgehead atoms. The van der Waals surface area contributed by atoms with Crippen molar-refractivity contribution < 1.29 is 63.6 Å². The van der Waals surface area contributed by atoms with Gasteiger partial charge in [0.2, 0.25) is 47.3 Å². The summed E-state index contributed by atoms with van der Waals surface area (Å²) in [6.07, 6.45) is 0.690. The lowest BCUT2D eigenvalue weighted by atomic mass is 9.97. The first-order valence-electron chi connectivity index (χ1n) is 24.3. The maximum atomic E-state index is 14.0. The molecule has 0 aliphatic heterocycles. The summed E-state index contributed by atoms with van der Waals surface area (Å²) in [6.45, 7) is 11.0. The smallest absolute Gasteiger partial charge is 0.326 e.